The molecular weight excluding hydrogens is 432 g/mol. The predicted molar refractivity (Wildman–Crippen MR) is 132 cm³/mol. The molecule has 0 bridgehead atoms. The Labute approximate surface area is 193 Å². The van der Waals surface area contributed by atoms with E-state index in [1.807, 2.05) is 38.1 Å². The summed E-state index contributed by atoms with van der Waals surface area (Å²) in [6, 6.07) is 7.18. The van der Waals surface area contributed by atoms with Gasteiger partial charge in [-0.3, -0.25) is 0 Å². The van der Waals surface area contributed by atoms with E-state index in [9.17, 15) is 13.2 Å². The average Bonchev–Trinajstić information content (AvgIpc) is 2.66. The summed E-state index contributed by atoms with van der Waals surface area (Å²) in [5.74, 6) is 0.324. The number of aryl methyl sites for hydroxylation is 1. The second kappa shape index (κ2) is 11.9. The first-order valence-electron chi connectivity index (χ1n) is 10.4. The lowest BCUT2D eigenvalue weighted by Gasteiger charge is -2.31. The Kier molecular flexibility index (Phi) is 10.5. The Balaban J connectivity index is 2.73. The molecule has 7 nitrogen and oxygen atoms in total. The molecule has 31 heavy (non-hydrogen) atoms. The minimum atomic E-state index is -3.66. The van der Waals surface area contributed by atoms with E-state index in [4.69, 9.17) is 0 Å². The number of carbonyl (C=O) groups is 1. The first-order chi connectivity index (χ1) is 14.3. The molecule has 2 amide bonds. The molecule has 0 fully saturated rings. The second-order valence-electron chi connectivity index (χ2n) is 8.96. The molecule has 1 aromatic carbocycles. The molecule has 4 N–H and O–H groups in total. The number of hydrogen-bond acceptors (Lipinski definition) is 5. The summed E-state index contributed by atoms with van der Waals surface area (Å²) in [4.78, 5) is 12.5. The number of amides is 2. The number of hydrogen-bond donors (Lipinski definition) is 5. The Morgan fingerprint density at radius 3 is 2.39 bits per heavy atom. The number of benzene rings is 1. The summed E-state index contributed by atoms with van der Waals surface area (Å²) in [6.07, 6.45) is 0.222. The van der Waals surface area contributed by atoms with Crippen molar-refractivity contribution in [3.8, 4) is 0 Å². The minimum Gasteiger partial charge on any atom is -0.334 e. The van der Waals surface area contributed by atoms with Gasteiger partial charge in [0, 0.05) is 29.9 Å². The van der Waals surface area contributed by atoms with E-state index < -0.39 is 15.6 Å². The van der Waals surface area contributed by atoms with Gasteiger partial charge in [0.1, 0.15) is 0 Å². The summed E-state index contributed by atoms with van der Waals surface area (Å²) in [6.45, 7) is 13.5. The summed E-state index contributed by atoms with van der Waals surface area (Å²) in [7, 11) is -1.89. The lowest BCUT2D eigenvalue weighted by molar-refractivity contribution is 0.229. The van der Waals surface area contributed by atoms with Crippen LogP contribution in [0, 0.1) is 12.8 Å². The average molecular weight is 471 g/mol. The van der Waals surface area contributed by atoms with Crippen LogP contribution < -0.4 is 20.7 Å². The van der Waals surface area contributed by atoms with Crippen molar-refractivity contribution >= 4 is 28.7 Å². The highest BCUT2D eigenvalue weighted by molar-refractivity contribution is 7.93. The normalized spacial score (nSPS) is 15.1. The number of sulfonamides is 1. The highest BCUT2D eigenvalue weighted by atomic mass is 32.2. The van der Waals surface area contributed by atoms with Crippen molar-refractivity contribution < 1.29 is 13.2 Å². The second-order valence-corrected chi connectivity index (χ2v) is 11.1. The van der Waals surface area contributed by atoms with Crippen molar-refractivity contribution in [2.24, 2.45) is 5.92 Å². The van der Waals surface area contributed by atoms with Crippen LogP contribution in [0.5, 0.6) is 0 Å². The van der Waals surface area contributed by atoms with E-state index in [1.54, 1.807) is 27.8 Å². The van der Waals surface area contributed by atoms with E-state index in [1.165, 1.54) is 0 Å². The van der Waals surface area contributed by atoms with Crippen LogP contribution in [0.2, 0.25) is 0 Å². The van der Waals surface area contributed by atoms with Crippen molar-refractivity contribution in [3.05, 3.63) is 46.9 Å². The topological polar surface area (TPSA) is 99.3 Å². The number of urea groups is 1. The fourth-order valence-corrected chi connectivity index (χ4v) is 5.00. The van der Waals surface area contributed by atoms with Crippen molar-refractivity contribution in [1.29, 1.82) is 0 Å². The maximum absolute atomic E-state index is 12.5. The molecule has 0 aliphatic heterocycles. The van der Waals surface area contributed by atoms with Crippen LogP contribution in [0.3, 0.4) is 0 Å². The van der Waals surface area contributed by atoms with Gasteiger partial charge in [0.15, 0.2) is 0 Å². The largest absolute Gasteiger partial charge is 0.334 e. The smallest absolute Gasteiger partial charge is 0.315 e. The molecule has 0 saturated carbocycles. The molecule has 176 valence electrons. The summed E-state index contributed by atoms with van der Waals surface area (Å²) < 4.78 is 27.7. The molecule has 0 saturated heterocycles. The van der Waals surface area contributed by atoms with Gasteiger partial charge in [-0.1, -0.05) is 43.3 Å². The Hall–Kier alpha value is -1.55. The van der Waals surface area contributed by atoms with Crippen molar-refractivity contribution in [2.75, 3.05) is 12.8 Å². The highest BCUT2D eigenvalue weighted by Crippen LogP contribution is 2.20. The summed E-state index contributed by atoms with van der Waals surface area (Å²) >= 11 is 4.40. The Bertz CT molecular complexity index is 851. The molecule has 1 aromatic rings. The molecule has 0 aliphatic rings. The Morgan fingerprint density at radius 2 is 1.87 bits per heavy atom. The Morgan fingerprint density at radius 1 is 1.23 bits per heavy atom. The van der Waals surface area contributed by atoms with Crippen molar-refractivity contribution in [3.63, 3.8) is 0 Å². The zero-order valence-corrected chi connectivity index (χ0v) is 21.2. The van der Waals surface area contributed by atoms with Gasteiger partial charge in [-0.15, -0.1) is 0 Å². The lowest BCUT2D eigenvalue weighted by Crippen LogP contribution is -2.51. The quantitative estimate of drug-likeness (QED) is 0.321. The van der Waals surface area contributed by atoms with Crippen LogP contribution in [0.15, 0.2) is 35.7 Å². The SMILES string of the molecule is C=C(C[C@@H](NC)[C@H](C)C(CS)NC(=O)NCc1cccc(C)c1)S(=O)(=O)NC(C)(C)C. The van der Waals surface area contributed by atoms with E-state index in [0.29, 0.717) is 12.3 Å². The van der Waals surface area contributed by atoms with E-state index >= 15 is 0 Å². The van der Waals surface area contributed by atoms with Gasteiger partial charge in [-0.2, -0.15) is 12.6 Å². The van der Waals surface area contributed by atoms with Gasteiger partial charge in [-0.25, -0.2) is 17.9 Å². The third-order valence-electron chi connectivity index (χ3n) is 4.96. The van der Waals surface area contributed by atoms with Gasteiger partial charge in [0.25, 0.3) is 0 Å². The van der Waals surface area contributed by atoms with Crippen LogP contribution in [0.1, 0.15) is 45.2 Å². The summed E-state index contributed by atoms with van der Waals surface area (Å²) in [5.41, 5.74) is 1.56. The first kappa shape index (κ1) is 27.5. The van der Waals surface area contributed by atoms with Crippen LogP contribution in [-0.2, 0) is 16.6 Å². The number of carbonyl (C=O) groups excluding carboxylic acids is 1. The van der Waals surface area contributed by atoms with Gasteiger partial charge < -0.3 is 16.0 Å². The molecular formula is C22H38N4O3S2. The van der Waals surface area contributed by atoms with Gasteiger partial charge in [-0.05, 0) is 52.6 Å². The van der Waals surface area contributed by atoms with Crippen LogP contribution in [0.25, 0.3) is 0 Å². The zero-order valence-electron chi connectivity index (χ0n) is 19.5. The van der Waals surface area contributed by atoms with Gasteiger partial charge in [0.2, 0.25) is 10.0 Å². The molecule has 3 atom stereocenters. The van der Waals surface area contributed by atoms with E-state index in [2.05, 4.69) is 39.9 Å². The molecule has 9 heteroatoms. The number of rotatable bonds is 11. The molecule has 0 aromatic heterocycles. The first-order valence-corrected chi connectivity index (χ1v) is 12.5. The highest BCUT2D eigenvalue weighted by Gasteiger charge is 2.30. The monoisotopic (exact) mass is 470 g/mol. The van der Waals surface area contributed by atoms with Crippen LogP contribution in [-0.4, -0.2) is 44.9 Å². The molecule has 0 spiro atoms. The standard InChI is InChI=1S/C22H38N4O3S2/c1-15-9-8-10-18(11-15)13-24-21(27)25-20(14-30)17(3)19(23-7)12-16(2)31(28,29)26-22(4,5)6/h8-11,17,19-20,23,26,30H,2,12-14H2,1,3-7H3,(H2,24,25,27)/t17-,19+,20?/m0/s1. The van der Waals surface area contributed by atoms with E-state index in [-0.39, 0.29) is 35.4 Å². The molecule has 1 unspecified atom stereocenters. The van der Waals surface area contributed by atoms with Gasteiger partial charge in [0.05, 0.1) is 4.91 Å². The third-order valence-corrected chi connectivity index (χ3v) is 7.16. The van der Waals surface area contributed by atoms with E-state index in [0.717, 1.165) is 11.1 Å². The molecule has 0 radical (unpaired) electrons. The third kappa shape index (κ3) is 9.64. The van der Waals surface area contributed by atoms with Crippen LogP contribution in [0.4, 0.5) is 4.79 Å². The predicted octanol–water partition coefficient (Wildman–Crippen LogP) is 2.94. The molecule has 0 aliphatic carbocycles. The molecule has 0 heterocycles. The lowest BCUT2D eigenvalue weighted by atomic mass is 9.92. The van der Waals surface area contributed by atoms with Gasteiger partial charge >= 0.3 is 6.03 Å². The number of nitrogens with one attached hydrogen (secondary N) is 4. The minimum absolute atomic E-state index is 0.0891. The van der Waals surface area contributed by atoms with Crippen molar-refractivity contribution in [1.82, 2.24) is 20.7 Å². The number of thiol groups is 1. The fourth-order valence-electron chi connectivity index (χ4n) is 3.23. The maximum atomic E-state index is 12.5. The fraction of sp³-hybridized carbons (Fsp3) is 0.591. The van der Waals surface area contributed by atoms with Crippen molar-refractivity contribution in [2.45, 2.75) is 65.2 Å². The van der Waals surface area contributed by atoms with Crippen LogP contribution >= 0.6 is 12.6 Å². The zero-order chi connectivity index (χ0) is 23.8. The maximum Gasteiger partial charge on any atom is 0.315 e. The molecule has 1 rings (SSSR count). The summed E-state index contributed by atoms with van der Waals surface area (Å²) in [5, 5.41) is 8.98.